The van der Waals surface area contributed by atoms with Gasteiger partial charge in [-0.2, -0.15) is 4.99 Å². The van der Waals surface area contributed by atoms with Crippen molar-refractivity contribution >= 4 is 44.0 Å². The lowest BCUT2D eigenvalue weighted by Crippen LogP contribution is -2.12. The van der Waals surface area contributed by atoms with Crippen LogP contribution in [0.1, 0.15) is 10.6 Å². The molecule has 0 atom stereocenters. The van der Waals surface area contributed by atoms with E-state index in [1.807, 2.05) is 17.5 Å². The Labute approximate surface area is 146 Å². The summed E-state index contributed by atoms with van der Waals surface area (Å²) in [4.78, 5) is 17.6. The Morgan fingerprint density at radius 2 is 1.96 bits per heavy atom. The van der Waals surface area contributed by atoms with E-state index >= 15 is 0 Å². The maximum absolute atomic E-state index is 6.10. The molecule has 4 aromatic rings. The van der Waals surface area contributed by atoms with E-state index in [-0.39, 0.29) is 0 Å². The largest absolute Gasteiger partial charge is 0.381 e. The number of pyridine rings is 1. The quantitative estimate of drug-likeness (QED) is 0.444. The molecule has 24 heavy (non-hydrogen) atoms. The van der Waals surface area contributed by atoms with Gasteiger partial charge in [0.25, 0.3) is 0 Å². The first-order valence-corrected chi connectivity index (χ1v) is 8.97. The molecule has 0 bridgehead atoms. The Morgan fingerprint density at radius 1 is 1.12 bits per heavy atom. The smallest absolute Gasteiger partial charge is 0.211 e. The van der Waals surface area contributed by atoms with Crippen LogP contribution in [-0.2, 0) is 0 Å². The Kier molecular flexibility index (Phi) is 3.79. The number of hydrogen-bond acceptors (Lipinski definition) is 6. The molecule has 3 heterocycles. The van der Waals surface area contributed by atoms with Crippen molar-refractivity contribution in [3.8, 4) is 11.3 Å². The molecule has 0 aliphatic rings. The maximum Gasteiger partial charge on any atom is 0.211 e. The standard InChI is InChI=1S/C17H13N5S2/c1-10-4-6-11(7-5-10)12-9-23-17(20-12)21-14(18)16-22-15-13(24-16)3-2-8-19-15/h2-9H,1H3,(H2,18,20,21). The Bertz CT molecular complexity index is 998. The number of amidine groups is 1. The second-order valence-electron chi connectivity index (χ2n) is 5.22. The normalized spacial score (nSPS) is 12.0. The molecule has 5 nitrogen and oxygen atoms in total. The first-order chi connectivity index (χ1) is 11.7. The van der Waals surface area contributed by atoms with Crippen molar-refractivity contribution in [2.45, 2.75) is 6.92 Å². The number of aryl methyl sites for hydroxylation is 1. The van der Waals surface area contributed by atoms with Gasteiger partial charge in [-0.1, -0.05) is 29.8 Å². The first kappa shape index (κ1) is 14.9. The predicted molar refractivity (Wildman–Crippen MR) is 100 cm³/mol. The minimum absolute atomic E-state index is 0.364. The number of rotatable bonds is 3. The van der Waals surface area contributed by atoms with E-state index in [4.69, 9.17) is 5.73 Å². The van der Waals surface area contributed by atoms with Gasteiger partial charge in [-0.15, -0.1) is 22.7 Å². The summed E-state index contributed by atoms with van der Waals surface area (Å²) < 4.78 is 0.991. The second kappa shape index (κ2) is 6.10. The molecular formula is C17H13N5S2. The molecule has 2 N–H and O–H groups in total. The lowest BCUT2D eigenvalue weighted by atomic mass is 10.1. The Balaban J connectivity index is 1.64. The molecule has 0 radical (unpaired) electrons. The SMILES string of the molecule is Cc1ccc(-c2csc(/N=C(\N)c3nc4ncccc4s3)n2)cc1. The molecule has 4 rings (SSSR count). The first-order valence-electron chi connectivity index (χ1n) is 7.28. The summed E-state index contributed by atoms with van der Waals surface area (Å²) in [5, 5.41) is 3.27. The van der Waals surface area contributed by atoms with E-state index in [2.05, 4.69) is 51.1 Å². The van der Waals surface area contributed by atoms with E-state index < -0.39 is 0 Å². The van der Waals surface area contributed by atoms with Gasteiger partial charge in [0.15, 0.2) is 16.5 Å². The molecule has 0 spiro atoms. The third-order valence-electron chi connectivity index (χ3n) is 3.44. The van der Waals surface area contributed by atoms with E-state index in [9.17, 15) is 0 Å². The van der Waals surface area contributed by atoms with E-state index in [0.29, 0.717) is 21.6 Å². The fraction of sp³-hybridized carbons (Fsp3) is 0.0588. The topological polar surface area (TPSA) is 77.0 Å². The molecule has 7 heteroatoms. The summed E-state index contributed by atoms with van der Waals surface area (Å²) in [6.07, 6.45) is 1.72. The fourth-order valence-corrected chi connectivity index (χ4v) is 3.74. The number of fused-ring (bicyclic) bond motifs is 1. The van der Waals surface area contributed by atoms with Crippen LogP contribution >= 0.6 is 22.7 Å². The summed E-state index contributed by atoms with van der Waals surface area (Å²) in [6.45, 7) is 2.06. The zero-order valence-corrected chi connectivity index (χ0v) is 14.4. The Hall–Kier alpha value is -2.64. The Morgan fingerprint density at radius 3 is 2.75 bits per heavy atom. The summed E-state index contributed by atoms with van der Waals surface area (Å²) in [6, 6.07) is 12.1. The molecule has 0 aliphatic heterocycles. The molecule has 1 aromatic carbocycles. The van der Waals surface area contributed by atoms with Crippen LogP contribution in [0.4, 0.5) is 5.13 Å². The average Bonchev–Trinajstić information content (AvgIpc) is 3.22. The van der Waals surface area contributed by atoms with Crippen molar-refractivity contribution in [3.05, 3.63) is 58.5 Å². The van der Waals surface area contributed by atoms with E-state index in [1.54, 1.807) is 6.20 Å². The number of aliphatic imine (C=N–C) groups is 1. The van der Waals surface area contributed by atoms with Crippen LogP contribution in [0.15, 0.2) is 53.0 Å². The zero-order chi connectivity index (χ0) is 16.5. The van der Waals surface area contributed by atoms with Crippen LogP contribution in [0.2, 0.25) is 0 Å². The van der Waals surface area contributed by atoms with Crippen molar-refractivity contribution in [1.29, 1.82) is 0 Å². The van der Waals surface area contributed by atoms with Crippen LogP contribution in [0, 0.1) is 6.92 Å². The highest BCUT2D eigenvalue weighted by atomic mass is 32.1. The lowest BCUT2D eigenvalue weighted by molar-refractivity contribution is 1.29. The second-order valence-corrected chi connectivity index (χ2v) is 7.09. The molecule has 0 saturated heterocycles. The summed E-state index contributed by atoms with van der Waals surface area (Å²) in [5.41, 5.74) is 9.98. The summed E-state index contributed by atoms with van der Waals surface area (Å²) in [5.74, 6) is 0.364. The van der Waals surface area contributed by atoms with Gasteiger partial charge in [-0.25, -0.2) is 15.0 Å². The van der Waals surface area contributed by atoms with Crippen LogP contribution < -0.4 is 5.73 Å². The zero-order valence-electron chi connectivity index (χ0n) is 12.8. The van der Waals surface area contributed by atoms with Crippen molar-refractivity contribution in [2.24, 2.45) is 10.7 Å². The van der Waals surface area contributed by atoms with Gasteiger partial charge < -0.3 is 5.73 Å². The fourth-order valence-electron chi connectivity index (χ4n) is 2.20. The van der Waals surface area contributed by atoms with Crippen LogP contribution in [0.25, 0.3) is 21.6 Å². The monoisotopic (exact) mass is 351 g/mol. The molecule has 0 amide bonds. The van der Waals surface area contributed by atoms with Gasteiger partial charge in [-0.05, 0) is 19.1 Å². The molecule has 0 fully saturated rings. The number of aromatic nitrogens is 3. The van der Waals surface area contributed by atoms with Gasteiger partial charge in [0.2, 0.25) is 5.13 Å². The van der Waals surface area contributed by atoms with Crippen molar-refractivity contribution < 1.29 is 0 Å². The number of hydrogen-bond donors (Lipinski definition) is 1. The van der Waals surface area contributed by atoms with Gasteiger partial charge in [-0.3, -0.25) is 0 Å². The summed E-state index contributed by atoms with van der Waals surface area (Å²) in [7, 11) is 0. The van der Waals surface area contributed by atoms with Crippen molar-refractivity contribution in [3.63, 3.8) is 0 Å². The molecule has 0 saturated carbocycles. The van der Waals surface area contributed by atoms with Crippen molar-refractivity contribution in [1.82, 2.24) is 15.0 Å². The number of benzene rings is 1. The molecule has 0 unspecified atom stereocenters. The number of nitrogens with zero attached hydrogens (tertiary/aromatic N) is 4. The highest BCUT2D eigenvalue weighted by Crippen LogP contribution is 2.28. The van der Waals surface area contributed by atoms with E-state index in [1.165, 1.54) is 28.2 Å². The van der Waals surface area contributed by atoms with E-state index in [0.717, 1.165) is 16.0 Å². The van der Waals surface area contributed by atoms with Gasteiger partial charge in [0.05, 0.1) is 10.4 Å². The molecule has 118 valence electrons. The van der Waals surface area contributed by atoms with Gasteiger partial charge in [0, 0.05) is 17.1 Å². The van der Waals surface area contributed by atoms with Crippen LogP contribution in [0.3, 0.4) is 0 Å². The van der Waals surface area contributed by atoms with Gasteiger partial charge >= 0.3 is 0 Å². The average molecular weight is 351 g/mol. The minimum Gasteiger partial charge on any atom is -0.381 e. The molecule has 0 aliphatic carbocycles. The van der Waals surface area contributed by atoms with Gasteiger partial charge in [0.1, 0.15) is 0 Å². The number of thiazole rings is 2. The maximum atomic E-state index is 6.10. The third kappa shape index (κ3) is 2.91. The van der Waals surface area contributed by atoms with Crippen molar-refractivity contribution in [2.75, 3.05) is 0 Å². The predicted octanol–water partition coefficient (Wildman–Crippen LogP) is 4.16. The molecular weight excluding hydrogens is 338 g/mol. The highest BCUT2D eigenvalue weighted by Gasteiger charge is 2.10. The van der Waals surface area contributed by atoms with Crippen LogP contribution in [0.5, 0.6) is 0 Å². The number of nitrogens with two attached hydrogens (primary N) is 1. The van der Waals surface area contributed by atoms with Crippen LogP contribution in [-0.4, -0.2) is 20.8 Å². The summed E-state index contributed by atoms with van der Waals surface area (Å²) >= 11 is 2.94. The third-order valence-corrected chi connectivity index (χ3v) is 5.21. The highest BCUT2D eigenvalue weighted by molar-refractivity contribution is 7.20. The lowest BCUT2D eigenvalue weighted by Gasteiger charge is -1.96. The molecule has 3 aromatic heterocycles. The minimum atomic E-state index is 0.364.